The number of nitrogens with one attached hydrogen (secondary N) is 1. The minimum atomic E-state index is -0.813. The van der Waals surface area contributed by atoms with Crippen molar-refractivity contribution in [2.45, 2.75) is 18.6 Å². The van der Waals surface area contributed by atoms with Gasteiger partial charge < -0.3 is 10.2 Å². The summed E-state index contributed by atoms with van der Waals surface area (Å²) in [6, 6.07) is 1.73. The SMILES string of the molecule is CN1C[C@@H](F)C[C@H](Nc2ncc3cc(Cl)ncc3n2)C1. The minimum absolute atomic E-state index is 0.0152. The Labute approximate surface area is 121 Å². The third-order valence-electron chi connectivity index (χ3n) is 3.35. The fraction of sp³-hybridized carbons (Fsp3) is 0.462. The van der Waals surface area contributed by atoms with Crippen molar-refractivity contribution in [1.29, 1.82) is 0 Å². The molecule has 0 bridgehead atoms. The van der Waals surface area contributed by atoms with Crippen molar-refractivity contribution in [3.8, 4) is 0 Å². The summed E-state index contributed by atoms with van der Waals surface area (Å²) in [6.45, 7) is 1.26. The number of anilines is 1. The number of likely N-dealkylation sites (N-methyl/N-ethyl adjacent to an activating group) is 1. The molecule has 20 heavy (non-hydrogen) atoms. The van der Waals surface area contributed by atoms with Crippen LogP contribution in [0.2, 0.25) is 5.15 Å². The Morgan fingerprint density at radius 3 is 3.00 bits per heavy atom. The number of fused-ring (bicyclic) bond motifs is 1. The largest absolute Gasteiger partial charge is 0.350 e. The summed E-state index contributed by atoms with van der Waals surface area (Å²) in [6.07, 6.45) is 2.96. The summed E-state index contributed by atoms with van der Waals surface area (Å²) in [5.74, 6) is 0.495. The van der Waals surface area contributed by atoms with Crippen molar-refractivity contribution in [2.75, 3.05) is 25.5 Å². The maximum atomic E-state index is 13.5. The zero-order valence-electron chi connectivity index (χ0n) is 11.1. The molecule has 2 atom stereocenters. The molecule has 7 heteroatoms. The van der Waals surface area contributed by atoms with Crippen molar-refractivity contribution in [3.63, 3.8) is 0 Å². The lowest BCUT2D eigenvalue weighted by atomic mass is 10.1. The number of rotatable bonds is 2. The molecule has 0 aliphatic carbocycles. The van der Waals surface area contributed by atoms with Gasteiger partial charge in [-0.15, -0.1) is 0 Å². The normalized spacial score (nSPS) is 23.9. The second kappa shape index (κ2) is 5.46. The van der Waals surface area contributed by atoms with E-state index in [0.717, 1.165) is 11.9 Å². The lowest BCUT2D eigenvalue weighted by molar-refractivity contribution is 0.153. The third kappa shape index (κ3) is 2.96. The first-order chi connectivity index (χ1) is 9.60. The van der Waals surface area contributed by atoms with Gasteiger partial charge in [-0.2, -0.15) is 0 Å². The van der Waals surface area contributed by atoms with Crippen LogP contribution >= 0.6 is 11.6 Å². The maximum Gasteiger partial charge on any atom is 0.223 e. The Morgan fingerprint density at radius 1 is 1.35 bits per heavy atom. The van der Waals surface area contributed by atoms with E-state index >= 15 is 0 Å². The van der Waals surface area contributed by atoms with Gasteiger partial charge in [-0.05, 0) is 13.1 Å². The molecule has 2 aromatic heterocycles. The van der Waals surface area contributed by atoms with E-state index in [0.29, 0.717) is 29.6 Å². The smallest absolute Gasteiger partial charge is 0.223 e. The summed E-state index contributed by atoms with van der Waals surface area (Å²) in [7, 11) is 1.91. The van der Waals surface area contributed by atoms with Crippen LogP contribution in [0.5, 0.6) is 0 Å². The van der Waals surface area contributed by atoms with Gasteiger partial charge in [0.05, 0.1) is 11.7 Å². The van der Waals surface area contributed by atoms with Crippen LogP contribution < -0.4 is 5.32 Å². The van der Waals surface area contributed by atoms with E-state index in [-0.39, 0.29) is 6.04 Å². The van der Waals surface area contributed by atoms with Crippen LogP contribution in [-0.4, -0.2) is 52.2 Å². The molecule has 3 heterocycles. The zero-order valence-corrected chi connectivity index (χ0v) is 11.8. The Balaban J connectivity index is 1.79. The number of alkyl halides is 1. The second-order valence-electron chi connectivity index (χ2n) is 5.15. The van der Waals surface area contributed by atoms with Crippen molar-refractivity contribution < 1.29 is 4.39 Å². The average Bonchev–Trinajstić information content (AvgIpc) is 2.38. The number of likely N-dealkylation sites (tertiary alicyclic amines) is 1. The molecule has 5 nitrogen and oxygen atoms in total. The molecular formula is C13H15ClFN5. The fourth-order valence-corrected chi connectivity index (χ4v) is 2.68. The Hall–Kier alpha value is -1.53. The quantitative estimate of drug-likeness (QED) is 0.860. The summed E-state index contributed by atoms with van der Waals surface area (Å²) in [5.41, 5.74) is 0.716. The van der Waals surface area contributed by atoms with Gasteiger partial charge in [0, 0.05) is 37.1 Å². The first-order valence-electron chi connectivity index (χ1n) is 6.47. The molecular weight excluding hydrogens is 281 g/mol. The summed E-state index contributed by atoms with van der Waals surface area (Å²) in [4.78, 5) is 14.6. The number of hydrogen-bond acceptors (Lipinski definition) is 5. The van der Waals surface area contributed by atoms with E-state index in [1.54, 1.807) is 18.5 Å². The molecule has 3 rings (SSSR count). The fourth-order valence-electron chi connectivity index (χ4n) is 2.51. The molecule has 0 aromatic carbocycles. The molecule has 1 aliphatic rings. The van der Waals surface area contributed by atoms with Crippen molar-refractivity contribution >= 4 is 28.5 Å². The molecule has 0 amide bonds. The lowest BCUT2D eigenvalue weighted by Gasteiger charge is -2.32. The number of nitrogens with zero attached hydrogens (tertiary/aromatic N) is 4. The summed E-state index contributed by atoms with van der Waals surface area (Å²) < 4.78 is 13.5. The van der Waals surface area contributed by atoms with Crippen LogP contribution in [0.4, 0.5) is 10.3 Å². The highest BCUT2D eigenvalue weighted by Gasteiger charge is 2.25. The molecule has 1 fully saturated rings. The standard InChI is InChI=1S/C13H15ClFN5/c1-20-6-9(15)3-10(7-20)18-13-17-4-8-2-12(14)16-5-11(8)19-13/h2,4-5,9-10H,3,6-7H2,1H3,(H,17,18,19)/t9-,10-/m0/s1. The lowest BCUT2D eigenvalue weighted by Crippen LogP contribution is -2.45. The van der Waals surface area contributed by atoms with Crippen LogP contribution in [0.15, 0.2) is 18.5 Å². The van der Waals surface area contributed by atoms with E-state index in [2.05, 4.69) is 20.3 Å². The maximum absolute atomic E-state index is 13.5. The third-order valence-corrected chi connectivity index (χ3v) is 3.55. The van der Waals surface area contributed by atoms with Crippen LogP contribution in [0, 0.1) is 0 Å². The van der Waals surface area contributed by atoms with Crippen molar-refractivity contribution in [3.05, 3.63) is 23.6 Å². The number of halogens is 2. The number of piperidine rings is 1. The van der Waals surface area contributed by atoms with Gasteiger partial charge in [-0.3, -0.25) is 0 Å². The van der Waals surface area contributed by atoms with E-state index in [1.807, 2.05) is 11.9 Å². The monoisotopic (exact) mass is 295 g/mol. The van der Waals surface area contributed by atoms with Gasteiger partial charge in [0.1, 0.15) is 11.3 Å². The highest BCUT2D eigenvalue weighted by molar-refractivity contribution is 6.30. The predicted molar refractivity (Wildman–Crippen MR) is 76.8 cm³/mol. The number of aromatic nitrogens is 3. The van der Waals surface area contributed by atoms with Crippen LogP contribution in [0.25, 0.3) is 10.9 Å². The molecule has 1 aliphatic heterocycles. The Morgan fingerprint density at radius 2 is 2.20 bits per heavy atom. The Kier molecular flexibility index (Phi) is 3.67. The van der Waals surface area contributed by atoms with Gasteiger partial charge in [0.2, 0.25) is 5.95 Å². The van der Waals surface area contributed by atoms with Crippen LogP contribution in [0.1, 0.15) is 6.42 Å². The van der Waals surface area contributed by atoms with Crippen molar-refractivity contribution in [1.82, 2.24) is 19.9 Å². The first-order valence-corrected chi connectivity index (χ1v) is 6.85. The van der Waals surface area contributed by atoms with Crippen LogP contribution in [0.3, 0.4) is 0 Å². The van der Waals surface area contributed by atoms with Gasteiger partial charge in [0.25, 0.3) is 0 Å². The minimum Gasteiger partial charge on any atom is -0.350 e. The molecule has 2 aromatic rings. The molecule has 0 radical (unpaired) electrons. The van der Waals surface area contributed by atoms with Crippen molar-refractivity contribution in [2.24, 2.45) is 0 Å². The second-order valence-corrected chi connectivity index (χ2v) is 5.54. The zero-order chi connectivity index (χ0) is 14.1. The molecule has 106 valence electrons. The van der Waals surface area contributed by atoms with E-state index in [9.17, 15) is 4.39 Å². The van der Waals surface area contributed by atoms with Crippen LogP contribution in [-0.2, 0) is 0 Å². The van der Waals surface area contributed by atoms with Gasteiger partial charge in [-0.1, -0.05) is 11.6 Å². The predicted octanol–water partition coefficient (Wildman–Crippen LogP) is 2.13. The summed E-state index contributed by atoms with van der Waals surface area (Å²) >= 11 is 5.82. The number of hydrogen-bond donors (Lipinski definition) is 1. The van der Waals surface area contributed by atoms with Gasteiger partial charge in [-0.25, -0.2) is 19.3 Å². The molecule has 1 N–H and O–H groups in total. The molecule has 1 saturated heterocycles. The van der Waals surface area contributed by atoms with E-state index in [4.69, 9.17) is 11.6 Å². The Bertz CT molecular complexity index is 613. The molecule has 0 unspecified atom stereocenters. The van der Waals surface area contributed by atoms with E-state index < -0.39 is 6.17 Å². The molecule has 0 spiro atoms. The highest BCUT2D eigenvalue weighted by Crippen LogP contribution is 2.18. The van der Waals surface area contributed by atoms with Gasteiger partial charge in [0.15, 0.2) is 0 Å². The highest BCUT2D eigenvalue weighted by atomic mass is 35.5. The first kappa shape index (κ1) is 13.5. The summed E-state index contributed by atoms with van der Waals surface area (Å²) in [5, 5.41) is 4.43. The topological polar surface area (TPSA) is 53.9 Å². The van der Waals surface area contributed by atoms with Gasteiger partial charge >= 0.3 is 0 Å². The van der Waals surface area contributed by atoms with E-state index in [1.165, 1.54) is 0 Å². The number of pyridine rings is 1. The molecule has 0 saturated carbocycles. The average molecular weight is 296 g/mol.